The van der Waals surface area contributed by atoms with Crippen LogP contribution in [0.15, 0.2) is 0 Å². The van der Waals surface area contributed by atoms with Crippen molar-refractivity contribution in [1.29, 1.82) is 0 Å². The Hall–Kier alpha value is -2.01. The van der Waals surface area contributed by atoms with E-state index in [2.05, 4.69) is 24.7 Å². The van der Waals surface area contributed by atoms with E-state index in [1.807, 2.05) is 25.5 Å². The van der Waals surface area contributed by atoms with E-state index in [0.29, 0.717) is 19.8 Å². The molecule has 164 valence electrons. The van der Waals surface area contributed by atoms with Gasteiger partial charge in [0.25, 0.3) is 0 Å². The first-order valence-electron chi connectivity index (χ1n) is 10.3. The number of amides is 1. The number of nitrogens with zero attached hydrogens (tertiary/aromatic N) is 7. The normalized spacial score (nSPS) is 19.5. The van der Waals surface area contributed by atoms with Gasteiger partial charge in [0.05, 0.1) is 25.3 Å². The van der Waals surface area contributed by atoms with Gasteiger partial charge in [-0.2, -0.15) is 9.97 Å². The van der Waals surface area contributed by atoms with Crippen molar-refractivity contribution in [3.8, 4) is 0 Å². The number of aromatic nitrogens is 4. The van der Waals surface area contributed by atoms with Gasteiger partial charge in [-0.1, -0.05) is 0 Å². The van der Waals surface area contributed by atoms with Crippen molar-refractivity contribution < 1.29 is 9.53 Å². The smallest absolute Gasteiger partial charge is 0.237 e. The number of hydrogen-bond acceptors (Lipinski definition) is 8. The Morgan fingerprint density at radius 3 is 2.40 bits per heavy atom. The molecule has 0 aliphatic carbocycles. The molecule has 4 rings (SSSR count). The number of nitrogens with two attached hydrogens (primary N) is 1. The molecule has 4 heterocycles. The zero-order valence-corrected chi connectivity index (χ0v) is 18.5. The Morgan fingerprint density at radius 1 is 1.10 bits per heavy atom. The molecule has 0 unspecified atom stereocenters. The summed E-state index contributed by atoms with van der Waals surface area (Å²) in [6.45, 7) is 10.5. The number of piperazine rings is 1. The van der Waals surface area contributed by atoms with E-state index in [1.165, 1.54) is 0 Å². The maximum Gasteiger partial charge on any atom is 0.237 e. The predicted molar refractivity (Wildman–Crippen MR) is 114 cm³/mol. The highest BCUT2D eigenvalue weighted by atomic mass is 35.5. The first-order chi connectivity index (χ1) is 14.3. The van der Waals surface area contributed by atoms with Gasteiger partial charge >= 0.3 is 0 Å². The molecule has 10 nitrogen and oxygen atoms in total. The van der Waals surface area contributed by atoms with Gasteiger partial charge in [0.1, 0.15) is 5.82 Å². The average molecular weight is 437 g/mol. The number of carbonyl (C=O) groups is 1. The summed E-state index contributed by atoms with van der Waals surface area (Å²) in [5.74, 6) is 1.39. The lowest BCUT2D eigenvalue weighted by atomic mass is 10.0. The minimum Gasteiger partial charge on any atom is -0.378 e. The highest BCUT2D eigenvalue weighted by Gasteiger charge is 2.35. The highest BCUT2D eigenvalue weighted by Crippen LogP contribution is 2.27. The summed E-state index contributed by atoms with van der Waals surface area (Å²) in [6, 6.07) is 0. The monoisotopic (exact) mass is 436 g/mol. The van der Waals surface area contributed by atoms with E-state index in [-0.39, 0.29) is 11.2 Å². The molecular weight excluding hydrogens is 408 g/mol. The molecule has 0 spiro atoms. The number of hydrogen-bond donors (Lipinski definition) is 1. The molecule has 2 aliphatic rings. The van der Waals surface area contributed by atoms with Gasteiger partial charge < -0.3 is 19.9 Å². The average Bonchev–Trinajstić information content (AvgIpc) is 3.04. The molecule has 0 aromatic carbocycles. The Morgan fingerprint density at radius 2 is 1.77 bits per heavy atom. The first-order valence-corrected chi connectivity index (χ1v) is 10.6. The van der Waals surface area contributed by atoms with Crippen LogP contribution in [0, 0.1) is 0 Å². The zero-order chi connectivity index (χ0) is 21.5. The van der Waals surface area contributed by atoms with E-state index in [9.17, 15) is 4.79 Å². The molecule has 2 N–H and O–H groups in total. The molecule has 0 atom stereocenters. The van der Waals surface area contributed by atoms with Crippen molar-refractivity contribution in [3.05, 3.63) is 11.1 Å². The number of anilines is 1. The van der Waals surface area contributed by atoms with Gasteiger partial charge in [-0.15, -0.1) is 0 Å². The van der Waals surface area contributed by atoms with Crippen molar-refractivity contribution in [2.24, 2.45) is 12.8 Å². The van der Waals surface area contributed by atoms with Crippen molar-refractivity contribution in [3.63, 3.8) is 0 Å². The van der Waals surface area contributed by atoms with Crippen LogP contribution in [-0.4, -0.2) is 93.2 Å². The number of halogens is 1. The molecule has 2 saturated heterocycles. The van der Waals surface area contributed by atoms with Gasteiger partial charge in [-0.05, 0) is 25.4 Å². The molecule has 2 aliphatic heterocycles. The van der Waals surface area contributed by atoms with Crippen LogP contribution in [0.5, 0.6) is 0 Å². The lowest BCUT2D eigenvalue weighted by Gasteiger charge is -2.42. The third-order valence-corrected chi connectivity index (χ3v) is 6.38. The Bertz CT molecular complexity index is 932. The summed E-state index contributed by atoms with van der Waals surface area (Å²) >= 11 is 6.23. The van der Waals surface area contributed by atoms with E-state index < -0.39 is 5.54 Å². The summed E-state index contributed by atoms with van der Waals surface area (Å²) in [6.07, 6.45) is 0. The molecule has 1 amide bonds. The van der Waals surface area contributed by atoms with E-state index in [0.717, 1.165) is 62.1 Å². The molecule has 2 aromatic rings. The number of fused-ring (bicyclic) bond motifs is 1. The Labute approximate surface area is 180 Å². The third kappa shape index (κ3) is 3.96. The number of carbonyl (C=O) groups excluding carboxylic acids is 1. The summed E-state index contributed by atoms with van der Waals surface area (Å²) in [4.78, 5) is 32.1. The second-order valence-electron chi connectivity index (χ2n) is 8.36. The fourth-order valence-corrected chi connectivity index (χ4v) is 4.18. The minimum atomic E-state index is -0.636. The quantitative estimate of drug-likeness (QED) is 0.664. The van der Waals surface area contributed by atoms with Gasteiger partial charge in [-0.3, -0.25) is 14.6 Å². The lowest BCUT2D eigenvalue weighted by molar-refractivity contribution is -0.129. The maximum absolute atomic E-state index is 11.7. The topological polar surface area (TPSA) is 106 Å². The van der Waals surface area contributed by atoms with E-state index in [4.69, 9.17) is 27.1 Å². The largest absolute Gasteiger partial charge is 0.378 e. The van der Waals surface area contributed by atoms with Crippen LogP contribution in [0.25, 0.3) is 11.2 Å². The standard InChI is InChI=1S/C19H29ClN8O2/c1-19(2,17(21)29)28-6-4-26(5-7-28)12-13-22-14-15(25(13)3)23-18(20)24-16(14)27-8-10-30-11-9-27/h4-12H2,1-3H3,(H2,21,29). The molecular formula is C19H29ClN8O2. The van der Waals surface area contributed by atoms with Gasteiger partial charge in [0.15, 0.2) is 17.0 Å². The number of imidazole rings is 1. The van der Waals surface area contributed by atoms with Crippen molar-refractivity contribution in [2.75, 3.05) is 57.4 Å². The number of ether oxygens (including phenoxy) is 1. The molecule has 0 bridgehead atoms. The summed E-state index contributed by atoms with van der Waals surface area (Å²) in [5, 5.41) is 0.223. The summed E-state index contributed by atoms with van der Waals surface area (Å²) in [5.41, 5.74) is 6.44. The van der Waals surface area contributed by atoms with Crippen LogP contribution >= 0.6 is 11.6 Å². The van der Waals surface area contributed by atoms with Crippen molar-refractivity contribution >= 4 is 34.5 Å². The fourth-order valence-electron chi connectivity index (χ4n) is 4.02. The Balaban J connectivity index is 1.53. The number of primary amides is 1. The molecule has 2 fully saturated rings. The summed E-state index contributed by atoms with van der Waals surface area (Å²) in [7, 11) is 1.96. The molecule has 2 aromatic heterocycles. The zero-order valence-electron chi connectivity index (χ0n) is 17.8. The van der Waals surface area contributed by atoms with Crippen LogP contribution in [-0.2, 0) is 23.1 Å². The highest BCUT2D eigenvalue weighted by molar-refractivity contribution is 6.28. The number of aryl methyl sites for hydroxylation is 1. The molecule has 0 saturated carbocycles. The van der Waals surface area contributed by atoms with Crippen LogP contribution in [0.3, 0.4) is 0 Å². The molecule has 11 heteroatoms. The van der Waals surface area contributed by atoms with Crippen LogP contribution in [0.2, 0.25) is 5.28 Å². The van der Waals surface area contributed by atoms with E-state index in [1.54, 1.807) is 0 Å². The van der Waals surface area contributed by atoms with E-state index >= 15 is 0 Å². The maximum atomic E-state index is 11.7. The first kappa shape index (κ1) is 21.2. The third-order valence-electron chi connectivity index (χ3n) is 6.21. The molecule has 0 radical (unpaired) electrons. The Kier molecular flexibility index (Phi) is 5.84. The van der Waals surface area contributed by atoms with Gasteiger partial charge in [0.2, 0.25) is 11.2 Å². The lowest BCUT2D eigenvalue weighted by Crippen LogP contribution is -2.59. The SMILES string of the molecule is Cn1c(CN2CCN(C(C)(C)C(N)=O)CC2)nc2c(N3CCOCC3)nc(Cl)nc21. The second kappa shape index (κ2) is 8.26. The number of morpholine rings is 1. The van der Waals surface area contributed by atoms with Crippen molar-refractivity contribution in [1.82, 2.24) is 29.3 Å². The fraction of sp³-hybridized carbons (Fsp3) is 0.684. The summed E-state index contributed by atoms with van der Waals surface area (Å²) < 4.78 is 7.45. The number of rotatable bonds is 5. The van der Waals surface area contributed by atoms with Crippen LogP contribution < -0.4 is 10.6 Å². The van der Waals surface area contributed by atoms with Crippen LogP contribution in [0.4, 0.5) is 5.82 Å². The van der Waals surface area contributed by atoms with Gasteiger partial charge in [0, 0.05) is 46.3 Å². The predicted octanol–water partition coefficient (Wildman–Crippen LogP) is 0.235. The van der Waals surface area contributed by atoms with Crippen molar-refractivity contribution in [2.45, 2.75) is 25.9 Å². The van der Waals surface area contributed by atoms with Gasteiger partial charge in [-0.25, -0.2) is 4.98 Å². The minimum absolute atomic E-state index is 0.223. The van der Waals surface area contributed by atoms with Crippen LogP contribution in [0.1, 0.15) is 19.7 Å². The second-order valence-corrected chi connectivity index (χ2v) is 8.70. The molecule has 30 heavy (non-hydrogen) atoms.